The molecule has 1 fully saturated rings. The zero-order valence-electron chi connectivity index (χ0n) is 7.80. The van der Waals surface area contributed by atoms with Gasteiger partial charge in [0.25, 0.3) is 0 Å². The molecule has 0 aromatic heterocycles. The van der Waals surface area contributed by atoms with Gasteiger partial charge in [0.1, 0.15) is 11.6 Å². The monoisotopic (exact) mass is 168 g/mol. The number of carbonyl (C=O) groups is 2. The number of carbonyl (C=O) groups excluding carboxylic acids is 2. The molecule has 1 aliphatic carbocycles. The highest BCUT2D eigenvalue weighted by Gasteiger charge is 2.29. The summed E-state index contributed by atoms with van der Waals surface area (Å²) in [6.07, 6.45) is 2.97. The smallest absolute Gasteiger partial charge is 0.133 e. The summed E-state index contributed by atoms with van der Waals surface area (Å²) >= 11 is 0. The van der Waals surface area contributed by atoms with Crippen LogP contribution in [0.15, 0.2) is 0 Å². The molecule has 2 heteroatoms. The van der Waals surface area contributed by atoms with Crippen molar-refractivity contribution in [2.24, 2.45) is 11.8 Å². The first-order chi connectivity index (χ1) is 5.59. The van der Waals surface area contributed by atoms with Crippen molar-refractivity contribution in [3.05, 3.63) is 0 Å². The van der Waals surface area contributed by atoms with Crippen LogP contribution in [-0.4, -0.2) is 11.6 Å². The van der Waals surface area contributed by atoms with Crippen LogP contribution in [0.2, 0.25) is 0 Å². The average molecular weight is 168 g/mol. The van der Waals surface area contributed by atoms with E-state index in [1.54, 1.807) is 6.92 Å². The van der Waals surface area contributed by atoms with Crippen molar-refractivity contribution in [3.8, 4) is 0 Å². The molecule has 0 N–H and O–H groups in total. The molecule has 0 heterocycles. The van der Waals surface area contributed by atoms with Crippen molar-refractivity contribution >= 4 is 11.6 Å². The fourth-order valence-corrected chi connectivity index (χ4v) is 1.88. The van der Waals surface area contributed by atoms with Crippen LogP contribution in [0.3, 0.4) is 0 Å². The van der Waals surface area contributed by atoms with Crippen LogP contribution >= 0.6 is 0 Å². The fraction of sp³-hybridized carbons (Fsp3) is 0.800. The zero-order valence-corrected chi connectivity index (χ0v) is 7.80. The van der Waals surface area contributed by atoms with E-state index in [9.17, 15) is 9.59 Å². The highest BCUT2D eigenvalue weighted by atomic mass is 16.1. The Kier molecular flexibility index (Phi) is 3.01. The van der Waals surface area contributed by atoms with Gasteiger partial charge in [-0.05, 0) is 25.2 Å². The van der Waals surface area contributed by atoms with E-state index in [-0.39, 0.29) is 5.78 Å². The summed E-state index contributed by atoms with van der Waals surface area (Å²) in [6, 6.07) is 0. The second-order valence-corrected chi connectivity index (χ2v) is 3.92. The van der Waals surface area contributed by atoms with Gasteiger partial charge in [-0.1, -0.05) is 6.92 Å². The van der Waals surface area contributed by atoms with E-state index in [4.69, 9.17) is 0 Å². The van der Waals surface area contributed by atoms with Gasteiger partial charge in [-0.3, -0.25) is 4.79 Å². The Morgan fingerprint density at radius 2 is 2.17 bits per heavy atom. The molecular formula is C10H16O2. The second-order valence-electron chi connectivity index (χ2n) is 3.92. The number of hydrogen-bond acceptors (Lipinski definition) is 2. The lowest BCUT2D eigenvalue weighted by atomic mass is 9.92. The Morgan fingerprint density at radius 1 is 1.50 bits per heavy atom. The lowest BCUT2D eigenvalue weighted by Crippen LogP contribution is -2.05. The van der Waals surface area contributed by atoms with Crippen molar-refractivity contribution in [1.82, 2.24) is 0 Å². The number of rotatable bonds is 3. The van der Waals surface area contributed by atoms with E-state index < -0.39 is 0 Å². The van der Waals surface area contributed by atoms with Crippen LogP contribution in [0.25, 0.3) is 0 Å². The normalized spacial score (nSPS) is 29.3. The first-order valence-corrected chi connectivity index (χ1v) is 4.60. The summed E-state index contributed by atoms with van der Waals surface area (Å²) in [5.74, 6) is 1.58. The number of hydrogen-bond donors (Lipinski definition) is 0. The first kappa shape index (κ1) is 9.43. The average Bonchev–Trinajstić information content (AvgIpc) is 2.26. The summed E-state index contributed by atoms with van der Waals surface area (Å²) in [7, 11) is 0. The molecule has 0 amide bonds. The van der Waals surface area contributed by atoms with Gasteiger partial charge in [-0.15, -0.1) is 0 Å². The molecule has 0 bridgehead atoms. The lowest BCUT2D eigenvalue weighted by molar-refractivity contribution is -0.119. The number of ketones is 2. The fourth-order valence-electron chi connectivity index (χ4n) is 1.88. The van der Waals surface area contributed by atoms with Crippen LogP contribution < -0.4 is 0 Å². The molecule has 0 saturated heterocycles. The quantitative estimate of drug-likeness (QED) is 0.645. The van der Waals surface area contributed by atoms with Crippen LogP contribution in [0.5, 0.6) is 0 Å². The minimum atomic E-state index is 0.238. The molecule has 0 aromatic carbocycles. The van der Waals surface area contributed by atoms with Gasteiger partial charge in [-0.25, -0.2) is 0 Å². The topological polar surface area (TPSA) is 34.1 Å². The Labute approximate surface area is 73.3 Å². The number of Topliss-reactive ketones (excluding diaryl/α,β-unsaturated/α-hetero) is 2. The Balaban J connectivity index is 2.33. The molecule has 0 spiro atoms. The third-order valence-corrected chi connectivity index (χ3v) is 2.71. The van der Waals surface area contributed by atoms with Gasteiger partial charge in [0.05, 0.1) is 0 Å². The molecule has 1 unspecified atom stereocenters. The van der Waals surface area contributed by atoms with Crippen LogP contribution in [-0.2, 0) is 9.59 Å². The molecule has 2 atom stereocenters. The van der Waals surface area contributed by atoms with Crippen molar-refractivity contribution in [2.45, 2.75) is 39.5 Å². The minimum absolute atomic E-state index is 0.238. The largest absolute Gasteiger partial charge is 0.300 e. The molecule has 1 aliphatic rings. The predicted octanol–water partition coefficient (Wildman–Crippen LogP) is 1.97. The Hall–Kier alpha value is -0.660. The third-order valence-electron chi connectivity index (χ3n) is 2.71. The van der Waals surface area contributed by atoms with Crippen LogP contribution in [0, 0.1) is 11.8 Å². The maximum atomic E-state index is 11.0. The van der Waals surface area contributed by atoms with E-state index in [0.717, 1.165) is 12.8 Å². The third kappa shape index (κ3) is 2.43. The molecule has 68 valence electrons. The minimum Gasteiger partial charge on any atom is -0.300 e. The van der Waals surface area contributed by atoms with Gasteiger partial charge in [0, 0.05) is 19.3 Å². The van der Waals surface area contributed by atoms with E-state index in [1.165, 1.54) is 0 Å². The van der Waals surface area contributed by atoms with E-state index in [2.05, 4.69) is 6.92 Å². The van der Waals surface area contributed by atoms with Crippen molar-refractivity contribution < 1.29 is 9.59 Å². The second kappa shape index (κ2) is 3.83. The summed E-state index contributed by atoms with van der Waals surface area (Å²) in [6.45, 7) is 3.72. The Morgan fingerprint density at radius 3 is 2.58 bits per heavy atom. The summed E-state index contributed by atoms with van der Waals surface area (Å²) in [5, 5.41) is 0. The van der Waals surface area contributed by atoms with Crippen LogP contribution in [0.1, 0.15) is 39.5 Å². The van der Waals surface area contributed by atoms with Gasteiger partial charge < -0.3 is 4.79 Å². The highest BCUT2D eigenvalue weighted by molar-refractivity contribution is 5.81. The van der Waals surface area contributed by atoms with E-state index in [0.29, 0.717) is 30.5 Å². The van der Waals surface area contributed by atoms with Crippen molar-refractivity contribution in [1.29, 1.82) is 0 Å². The first-order valence-electron chi connectivity index (χ1n) is 4.60. The molecule has 1 saturated carbocycles. The maximum Gasteiger partial charge on any atom is 0.133 e. The molecule has 0 aliphatic heterocycles. The van der Waals surface area contributed by atoms with Crippen molar-refractivity contribution in [2.75, 3.05) is 0 Å². The van der Waals surface area contributed by atoms with E-state index >= 15 is 0 Å². The zero-order chi connectivity index (χ0) is 9.14. The summed E-state index contributed by atoms with van der Waals surface area (Å²) < 4.78 is 0. The highest BCUT2D eigenvalue weighted by Crippen LogP contribution is 2.31. The maximum absolute atomic E-state index is 11.0. The van der Waals surface area contributed by atoms with Crippen molar-refractivity contribution in [3.63, 3.8) is 0 Å². The van der Waals surface area contributed by atoms with Crippen LogP contribution in [0.4, 0.5) is 0 Å². The molecule has 2 nitrogen and oxygen atoms in total. The van der Waals surface area contributed by atoms with Gasteiger partial charge in [0.15, 0.2) is 0 Å². The summed E-state index contributed by atoms with van der Waals surface area (Å²) in [5.41, 5.74) is 0. The standard InChI is InChI=1S/C10H16O2/c1-7-5-10(12)6-9(7)4-3-8(2)11/h7,9H,3-6H2,1-2H3/t7-,9?/m0/s1. The molecule has 0 aromatic rings. The molecule has 1 rings (SSSR count). The Bertz CT molecular complexity index is 196. The predicted molar refractivity (Wildman–Crippen MR) is 46.8 cm³/mol. The lowest BCUT2D eigenvalue weighted by Gasteiger charge is -2.11. The van der Waals surface area contributed by atoms with Gasteiger partial charge in [0.2, 0.25) is 0 Å². The van der Waals surface area contributed by atoms with Gasteiger partial charge in [-0.2, -0.15) is 0 Å². The van der Waals surface area contributed by atoms with Gasteiger partial charge >= 0.3 is 0 Å². The molecule has 12 heavy (non-hydrogen) atoms. The summed E-state index contributed by atoms with van der Waals surface area (Å²) in [4.78, 5) is 21.7. The van der Waals surface area contributed by atoms with E-state index in [1.807, 2.05) is 0 Å². The SMILES string of the molecule is CC(=O)CCC1CC(=O)C[C@@H]1C. The molecular weight excluding hydrogens is 152 g/mol. The molecule has 0 radical (unpaired) electrons.